The van der Waals surface area contributed by atoms with Crippen molar-refractivity contribution in [3.8, 4) is 0 Å². The van der Waals surface area contributed by atoms with E-state index in [9.17, 15) is 18.8 Å². The summed E-state index contributed by atoms with van der Waals surface area (Å²) in [6.07, 6.45) is 4.97. The van der Waals surface area contributed by atoms with E-state index in [1.165, 1.54) is 16.8 Å². The number of aryl methyl sites for hydroxylation is 1. The number of benzene rings is 1. The van der Waals surface area contributed by atoms with Gasteiger partial charge in [0.15, 0.2) is 0 Å². The Morgan fingerprint density at radius 1 is 1.10 bits per heavy atom. The maximum absolute atomic E-state index is 13.9. The van der Waals surface area contributed by atoms with E-state index in [2.05, 4.69) is 10.4 Å². The first-order valence-corrected chi connectivity index (χ1v) is 10.5. The second kappa shape index (κ2) is 8.81. The van der Waals surface area contributed by atoms with Crippen LogP contribution in [0.4, 0.5) is 4.39 Å². The third-order valence-electron chi connectivity index (χ3n) is 5.83. The molecular weight excluding hydrogens is 389 g/mol. The van der Waals surface area contributed by atoms with Gasteiger partial charge in [0.1, 0.15) is 18.2 Å². The molecule has 8 nitrogen and oxygen atoms in total. The van der Waals surface area contributed by atoms with Crippen molar-refractivity contribution in [3.63, 3.8) is 0 Å². The number of fused-ring (bicyclic) bond motifs is 1. The van der Waals surface area contributed by atoms with Gasteiger partial charge in [-0.2, -0.15) is 5.10 Å². The summed E-state index contributed by atoms with van der Waals surface area (Å²) < 4.78 is 16.8. The van der Waals surface area contributed by atoms with Crippen LogP contribution in [0, 0.1) is 5.82 Å². The number of piperidine rings is 1. The predicted octanol–water partition coefficient (Wildman–Crippen LogP) is 1.33. The summed E-state index contributed by atoms with van der Waals surface area (Å²) in [5, 5.41) is 7.28. The minimum Gasteiger partial charge on any atom is -0.352 e. The maximum Gasteiger partial charge on any atom is 0.346 e. The number of carbonyl (C=O) groups excluding carboxylic acids is 2. The third-order valence-corrected chi connectivity index (χ3v) is 5.83. The molecule has 30 heavy (non-hydrogen) atoms. The Balaban J connectivity index is 1.30. The molecule has 0 aliphatic carbocycles. The highest BCUT2D eigenvalue weighted by Crippen LogP contribution is 2.16. The van der Waals surface area contributed by atoms with Gasteiger partial charge in [0.05, 0.1) is 5.56 Å². The Morgan fingerprint density at radius 3 is 2.63 bits per heavy atom. The zero-order chi connectivity index (χ0) is 21.1. The summed E-state index contributed by atoms with van der Waals surface area (Å²) in [7, 11) is 0. The van der Waals surface area contributed by atoms with Crippen LogP contribution < -0.4 is 11.0 Å². The summed E-state index contributed by atoms with van der Waals surface area (Å²) in [6, 6.07) is 5.86. The van der Waals surface area contributed by atoms with Crippen molar-refractivity contribution in [3.05, 3.63) is 52.0 Å². The monoisotopic (exact) mass is 415 g/mol. The van der Waals surface area contributed by atoms with Crippen LogP contribution in [0.2, 0.25) is 0 Å². The quantitative estimate of drug-likeness (QED) is 0.816. The van der Waals surface area contributed by atoms with E-state index in [1.54, 1.807) is 21.6 Å². The van der Waals surface area contributed by atoms with Crippen LogP contribution in [-0.4, -0.2) is 50.2 Å². The molecule has 4 rings (SSSR count). The van der Waals surface area contributed by atoms with Crippen LogP contribution in [0.25, 0.3) is 0 Å². The van der Waals surface area contributed by atoms with E-state index >= 15 is 0 Å². The highest BCUT2D eigenvalue weighted by Gasteiger charge is 2.26. The van der Waals surface area contributed by atoms with Gasteiger partial charge >= 0.3 is 5.69 Å². The number of amides is 2. The van der Waals surface area contributed by atoms with Gasteiger partial charge in [0, 0.05) is 32.1 Å². The van der Waals surface area contributed by atoms with Gasteiger partial charge in [-0.05, 0) is 37.8 Å². The van der Waals surface area contributed by atoms with Crippen LogP contribution in [-0.2, 0) is 24.3 Å². The van der Waals surface area contributed by atoms with Crippen molar-refractivity contribution < 1.29 is 14.0 Å². The molecule has 9 heteroatoms. The number of likely N-dealkylation sites (tertiary alicyclic amines) is 1. The van der Waals surface area contributed by atoms with Crippen LogP contribution in [0.5, 0.6) is 0 Å². The largest absolute Gasteiger partial charge is 0.352 e. The molecule has 3 heterocycles. The molecule has 0 atom stereocenters. The number of carbonyl (C=O) groups is 2. The van der Waals surface area contributed by atoms with Crippen LogP contribution in [0.15, 0.2) is 29.1 Å². The number of halogens is 1. The molecule has 1 saturated heterocycles. The average molecular weight is 415 g/mol. The third kappa shape index (κ3) is 4.29. The lowest BCUT2D eigenvalue weighted by Gasteiger charge is -2.32. The zero-order valence-corrected chi connectivity index (χ0v) is 16.8. The van der Waals surface area contributed by atoms with Crippen molar-refractivity contribution in [2.24, 2.45) is 0 Å². The minimum absolute atomic E-state index is 0.0684. The van der Waals surface area contributed by atoms with Crippen molar-refractivity contribution in [2.75, 3.05) is 13.1 Å². The fraction of sp³-hybridized carbons (Fsp3) is 0.524. The summed E-state index contributed by atoms with van der Waals surface area (Å²) in [6.45, 7) is 1.44. The Bertz CT molecular complexity index is 991. The fourth-order valence-corrected chi connectivity index (χ4v) is 4.17. The van der Waals surface area contributed by atoms with E-state index < -0.39 is 5.82 Å². The summed E-state index contributed by atoms with van der Waals surface area (Å²) in [5.41, 5.74) is -0.161. The Morgan fingerprint density at radius 2 is 1.87 bits per heavy atom. The molecule has 1 aromatic carbocycles. The van der Waals surface area contributed by atoms with Gasteiger partial charge in [-0.15, -0.1) is 0 Å². The number of hydrogen-bond acceptors (Lipinski definition) is 4. The molecule has 0 bridgehead atoms. The topological polar surface area (TPSA) is 89.2 Å². The molecule has 0 unspecified atom stereocenters. The SMILES string of the molecule is O=C(Cn1nc2n(c1=O)CCCCC2)NC1CCN(C(=O)c2ccccc2F)CC1. The molecule has 1 aromatic heterocycles. The molecule has 2 aliphatic heterocycles. The molecule has 0 spiro atoms. The summed E-state index contributed by atoms with van der Waals surface area (Å²) in [5.74, 6) is -0.361. The molecule has 2 aromatic rings. The van der Waals surface area contributed by atoms with Gasteiger partial charge in [-0.1, -0.05) is 18.6 Å². The lowest BCUT2D eigenvalue weighted by molar-refractivity contribution is -0.122. The standard InChI is InChI=1S/C21H26FN5O3/c22-17-7-4-3-6-16(17)20(29)25-12-9-15(10-13-25)23-19(28)14-27-21(30)26-11-5-1-2-8-18(26)24-27/h3-4,6-7,15H,1-2,5,8-14H2,(H,23,28). The van der Waals surface area contributed by atoms with E-state index in [0.717, 1.165) is 31.5 Å². The molecule has 2 amide bonds. The highest BCUT2D eigenvalue weighted by molar-refractivity contribution is 5.94. The summed E-state index contributed by atoms with van der Waals surface area (Å²) >= 11 is 0. The molecule has 0 saturated carbocycles. The first-order chi connectivity index (χ1) is 14.5. The Labute approximate surface area is 173 Å². The van der Waals surface area contributed by atoms with Gasteiger partial charge in [-0.3, -0.25) is 14.2 Å². The fourth-order valence-electron chi connectivity index (χ4n) is 4.17. The average Bonchev–Trinajstić information content (AvgIpc) is 2.90. The van der Waals surface area contributed by atoms with Crippen molar-refractivity contribution in [2.45, 2.75) is 57.7 Å². The highest BCUT2D eigenvalue weighted by atomic mass is 19.1. The number of hydrogen-bond donors (Lipinski definition) is 1. The predicted molar refractivity (Wildman–Crippen MR) is 108 cm³/mol. The molecular formula is C21H26FN5O3. The second-order valence-corrected chi connectivity index (χ2v) is 7.93. The molecule has 1 N–H and O–H groups in total. The van der Waals surface area contributed by atoms with E-state index in [4.69, 9.17) is 0 Å². The molecule has 160 valence electrons. The number of aromatic nitrogens is 3. The summed E-state index contributed by atoms with van der Waals surface area (Å²) in [4.78, 5) is 39.0. The van der Waals surface area contributed by atoms with E-state index in [-0.39, 0.29) is 35.7 Å². The lowest BCUT2D eigenvalue weighted by Crippen LogP contribution is -2.47. The normalized spacial score (nSPS) is 17.3. The van der Waals surface area contributed by atoms with Crippen molar-refractivity contribution in [1.29, 1.82) is 0 Å². The number of rotatable bonds is 4. The van der Waals surface area contributed by atoms with Crippen molar-refractivity contribution >= 4 is 11.8 Å². The molecule has 2 aliphatic rings. The van der Waals surface area contributed by atoms with E-state index in [1.807, 2.05) is 0 Å². The smallest absolute Gasteiger partial charge is 0.346 e. The second-order valence-electron chi connectivity index (χ2n) is 7.93. The first-order valence-electron chi connectivity index (χ1n) is 10.5. The Hall–Kier alpha value is -2.97. The lowest BCUT2D eigenvalue weighted by atomic mass is 10.0. The van der Waals surface area contributed by atoms with Crippen LogP contribution in [0.3, 0.4) is 0 Å². The van der Waals surface area contributed by atoms with Gasteiger partial charge in [-0.25, -0.2) is 13.9 Å². The zero-order valence-electron chi connectivity index (χ0n) is 16.8. The maximum atomic E-state index is 13.9. The Kier molecular flexibility index (Phi) is 5.96. The molecule has 0 radical (unpaired) electrons. The number of nitrogens with zero attached hydrogens (tertiary/aromatic N) is 4. The van der Waals surface area contributed by atoms with Gasteiger partial charge in [0.25, 0.3) is 5.91 Å². The first kappa shape index (κ1) is 20.3. The minimum atomic E-state index is -0.526. The number of nitrogens with one attached hydrogen (secondary N) is 1. The van der Waals surface area contributed by atoms with Gasteiger partial charge in [0.2, 0.25) is 5.91 Å². The van der Waals surface area contributed by atoms with Gasteiger partial charge < -0.3 is 10.2 Å². The van der Waals surface area contributed by atoms with Crippen LogP contribution >= 0.6 is 0 Å². The van der Waals surface area contributed by atoms with Crippen LogP contribution in [0.1, 0.15) is 48.3 Å². The van der Waals surface area contributed by atoms with Crippen molar-refractivity contribution in [1.82, 2.24) is 24.6 Å². The van der Waals surface area contributed by atoms with E-state index in [0.29, 0.717) is 32.5 Å². The molecule has 1 fully saturated rings.